The first-order valence-electron chi connectivity index (χ1n) is 15.1. The van der Waals surface area contributed by atoms with E-state index in [1.165, 1.54) is 11.1 Å². The molecule has 2 saturated heterocycles. The molecule has 43 heavy (non-hydrogen) atoms. The number of ether oxygens (including phenoxy) is 4. The number of piperidine rings is 1. The van der Waals surface area contributed by atoms with E-state index in [1.54, 1.807) is 25.6 Å². The minimum atomic E-state index is -0.804. The number of benzene rings is 2. The van der Waals surface area contributed by atoms with E-state index in [0.29, 0.717) is 32.2 Å². The van der Waals surface area contributed by atoms with E-state index in [-0.39, 0.29) is 6.10 Å². The summed E-state index contributed by atoms with van der Waals surface area (Å²) in [6.07, 6.45) is 3.36. The van der Waals surface area contributed by atoms with Crippen LogP contribution in [0, 0.1) is 12.8 Å². The highest BCUT2D eigenvalue weighted by Crippen LogP contribution is 2.38. The van der Waals surface area contributed by atoms with Crippen LogP contribution in [0.2, 0.25) is 0 Å². The Morgan fingerprint density at radius 3 is 2.77 bits per heavy atom. The highest BCUT2D eigenvalue weighted by molar-refractivity contribution is 7.14. The fraction of sp³-hybridized carbons (Fsp3) is 0.515. The number of anilines is 1. The predicted octanol–water partition coefficient (Wildman–Crippen LogP) is 5.17. The molecule has 0 amide bonds. The van der Waals surface area contributed by atoms with Gasteiger partial charge in [-0.3, -0.25) is 9.69 Å². The van der Waals surface area contributed by atoms with Gasteiger partial charge in [-0.25, -0.2) is 4.98 Å². The Morgan fingerprint density at radius 2 is 2.00 bits per heavy atom. The van der Waals surface area contributed by atoms with Gasteiger partial charge >= 0.3 is 5.97 Å². The molecule has 6 rings (SSSR count). The maximum absolute atomic E-state index is 11.6. The molecule has 2 aromatic carbocycles. The van der Waals surface area contributed by atoms with Gasteiger partial charge in [0.2, 0.25) is 0 Å². The molecule has 3 aliphatic rings. The number of carbonyl (C=O) groups is 1. The van der Waals surface area contributed by atoms with E-state index in [9.17, 15) is 9.90 Å². The number of thiazole rings is 1. The number of aryl methyl sites for hydroxylation is 1. The normalized spacial score (nSPS) is 21.4. The summed E-state index contributed by atoms with van der Waals surface area (Å²) in [7, 11) is 3.33. The standard InChI is InChI=1S/C33H41N3O6S/c1-21-5-4-6-25(28-20-43-33(34-28)36-12-8-26(32(37)38)30(18-36)40-3)31(21)42-19-22-15-23-7-11-35(24-9-13-41-14-10-24)17-27(23)29(16-22)39-2/h4-6,15-16,20,24,26,30H,7-14,17-19H2,1-3H3,(H,37,38)/t26-,30+/m0/s1. The summed E-state index contributed by atoms with van der Waals surface area (Å²) >= 11 is 1.56. The molecule has 0 spiro atoms. The van der Waals surface area contributed by atoms with Crippen LogP contribution in [0.1, 0.15) is 41.5 Å². The summed E-state index contributed by atoms with van der Waals surface area (Å²) in [5, 5.41) is 12.5. The zero-order valence-corrected chi connectivity index (χ0v) is 26.0. The second-order valence-electron chi connectivity index (χ2n) is 11.7. The third-order valence-corrected chi connectivity index (χ3v) is 10.0. The third kappa shape index (κ3) is 6.38. The number of nitrogens with zero attached hydrogens (tertiary/aromatic N) is 3. The molecule has 0 aliphatic carbocycles. The minimum absolute atomic E-state index is 0.366. The van der Waals surface area contributed by atoms with E-state index in [2.05, 4.69) is 34.9 Å². The fourth-order valence-corrected chi connectivity index (χ4v) is 7.55. The van der Waals surface area contributed by atoms with Crippen LogP contribution in [0.5, 0.6) is 11.5 Å². The SMILES string of the molecule is COc1cc(COc2c(C)cccc2-c2csc(N3CC[C@H](C(=O)O)[C@H](OC)C3)n2)cc2c1CN(C1CCOCC1)CC2. The summed E-state index contributed by atoms with van der Waals surface area (Å²) in [6.45, 7) is 7.30. The smallest absolute Gasteiger partial charge is 0.309 e. The number of rotatable bonds is 9. The lowest BCUT2D eigenvalue weighted by Gasteiger charge is -2.38. The number of carboxylic acids is 1. The molecule has 10 heteroatoms. The first kappa shape index (κ1) is 29.9. The van der Waals surface area contributed by atoms with Crippen molar-refractivity contribution >= 4 is 22.4 Å². The van der Waals surface area contributed by atoms with E-state index in [1.807, 2.05) is 17.5 Å². The van der Waals surface area contributed by atoms with Crippen molar-refractivity contribution in [2.24, 2.45) is 5.92 Å². The quantitative estimate of drug-likeness (QED) is 0.354. The number of aliphatic carboxylic acids is 1. The van der Waals surface area contributed by atoms with Gasteiger partial charge in [0.1, 0.15) is 18.1 Å². The summed E-state index contributed by atoms with van der Waals surface area (Å²) < 4.78 is 23.5. The summed E-state index contributed by atoms with van der Waals surface area (Å²) in [4.78, 5) is 21.3. The molecule has 230 valence electrons. The van der Waals surface area contributed by atoms with Crippen molar-refractivity contribution in [1.82, 2.24) is 9.88 Å². The molecule has 0 bridgehead atoms. The van der Waals surface area contributed by atoms with Crippen LogP contribution in [0.3, 0.4) is 0 Å². The molecule has 1 aromatic heterocycles. The molecular weight excluding hydrogens is 566 g/mol. The molecule has 0 saturated carbocycles. The van der Waals surface area contributed by atoms with Gasteiger partial charge in [-0.15, -0.1) is 11.3 Å². The molecule has 3 aromatic rings. The van der Waals surface area contributed by atoms with Crippen molar-refractivity contribution in [2.45, 2.75) is 57.9 Å². The fourth-order valence-electron chi connectivity index (χ4n) is 6.69. The molecule has 0 radical (unpaired) electrons. The van der Waals surface area contributed by atoms with Crippen LogP contribution < -0.4 is 14.4 Å². The largest absolute Gasteiger partial charge is 0.496 e. The monoisotopic (exact) mass is 607 g/mol. The molecule has 0 unspecified atom stereocenters. The number of hydrogen-bond acceptors (Lipinski definition) is 9. The number of fused-ring (bicyclic) bond motifs is 1. The maximum Gasteiger partial charge on any atom is 0.309 e. The lowest BCUT2D eigenvalue weighted by atomic mass is 9.94. The second-order valence-corrected chi connectivity index (χ2v) is 12.5. The van der Waals surface area contributed by atoms with E-state index in [4.69, 9.17) is 23.9 Å². The zero-order chi connectivity index (χ0) is 29.9. The average molecular weight is 608 g/mol. The Balaban J connectivity index is 1.18. The van der Waals surface area contributed by atoms with Gasteiger partial charge in [-0.2, -0.15) is 0 Å². The number of carboxylic acid groups (broad SMARTS) is 1. The number of methoxy groups -OCH3 is 2. The minimum Gasteiger partial charge on any atom is -0.496 e. The summed E-state index contributed by atoms with van der Waals surface area (Å²) in [5.41, 5.74) is 6.57. The molecule has 2 atom stereocenters. The predicted molar refractivity (Wildman–Crippen MR) is 166 cm³/mol. The van der Waals surface area contributed by atoms with Crippen LogP contribution in [0.15, 0.2) is 35.7 Å². The van der Waals surface area contributed by atoms with Crippen LogP contribution in [0.4, 0.5) is 5.13 Å². The summed E-state index contributed by atoms with van der Waals surface area (Å²) in [5.74, 6) is 0.455. The van der Waals surface area contributed by atoms with E-state index >= 15 is 0 Å². The van der Waals surface area contributed by atoms with Crippen LogP contribution >= 0.6 is 11.3 Å². The third-order valence-electron chi connectivity index (χ3n) is 9.13. The lowest BCUT2D eigenvalue weighted by molar-refractivity contribution is -0.147. The number of hydrogen-bond donors (Lipinski definition) is 1. The van der Waals surface area contributed by atoms with E-state index in [0.717, 1.165) is 84.6 Å². The first-order chi connectivity index (χ1) is 20.9. The topological polar surface area (TPSA) is 93.6 Å². The average Bonchev–Trinajstić information content (AvgIpc) is 3.54. The Kier molecular flexibility index (Phi) is 9.18. The maximum atomic E-state index is 11.6. The van der Waals surface area contributed by atoms with Crippen molar-refractivity contribution in [2.75, 3.05) is 52.0 Å². The van der Waals surface area contributed by atoms with Crippen molar-refractivity contribution < 1.29 is 28.8 Å². The molecule has 9 nitrogen and oxygen atoms in total. The molecule has 1 N–H and O–H groups in total. The second kappa shape index (κ2) is 13.2. The van der Waals surface area contributed by atoms with Gasteiger partial charge in [0.05, 0.1) is 24.8 Å². The van der Waals surface area contributed by atoms with Crippen LogP contribution in [-0.4, -0.2) is 80.2 Å². The van der Waals surface area contributed by atoms with Gasteiger partial charge in [-0.1, -0.05) is 18.2 Å². The number of aromatic nitrogens is 1. The Morgan fingerprint density at radius 1 is 1.16 bits per heavy atom. The molecular formula is C33H41N3O6S. The summed E-state index contributed by atoms with van der Waals surface area (Å²) in [6, 6.07) is 11.1. The van der Waals surface area contributed by atoms with Crippen molar-refractivity contribution in [3.8, 4) is 22.8 Å². The highest BCUT2D eigenvalue weighted by Gasteiger charge is 2.35. The van der Waals surface area contributed by atoms with E-state index < -0.39 is 11.9 Å². The lowest BCUT2D eigenvalue weighted by Crippen LogP contribution is -2.47. The van der Waals surface area contributed by atoms with Crippen molar-refractivity contribution in [3.63, 3.8) is 0 Å². The zero-order valence-electron chi connectivity index (χ0n) is 25.2. The molecule has 4 heterocycles. The van der Waals surface area contributed by atoms with Crippen molar-refractivity contribution in [3.05, 3.63) is 58.0 Å². The Bertz CT molecular complexity index is 1420. The number of para-hydroxylation sites is 1. The molecule has 3 aliphatic heterocycles. The van der Waals surface area contributed by atoms with Gasteiger partial charge in [0.15, 0.2) is 5.13 Å². The van der Waals surface area contributed by atoms with Gasteiger partial charge in [0, 0.05) is 69.1 Å². The first-order valence-corrected chi connectivity index (χ1v) is 16.0. The molecule has 2 fully saturated rings. The van der Waals surface area contributed by atoms with Crippen molar-refractivity contribution in [1.29, 1.82) is 0 Å². The Hall–Kier alpha value is -3.18. The van der Waals surface area contributed by atoms with Gasteiger partial charge in [0.25, 0.3) is 0 Å². The Labute approximate surface area is 257 Å². The van der Waals surface area contributed by atoms with Crippen LogP contribution in [0.25, 0.3) is 11.3 Å². The van der Waals surface area contributed by atoms with Gasteiger partial charge < -0.3 is 29.0 Å². The van der Waals surface area contributed by atoms with Crippen LogP contribution in [-0.2, 0) is 33.8 Å². The highest BCUT2D eigenvalue weighted by atomic mass is 32.1. The van der Waals surface area contributed by atoms with Gasteiger partial charge in [-0.05, 0) is 61.4 Å².